The normalized spacial score (nSPS) is 11.0. The summed E-state index contributed by atoms with van der Waals surface area (Å²) in [4.78, 5) is 11.0. The Hall–Kier alpha value is -1.34. The predicted octanol–water partition coefficient (Wildman–Crippen LogP) is 4.30. The van der Waals surface area contributed by atoms with Crippen LogP contribution in [0.1, 0.15) is 23.6 Å². The van der Waals surface area contributed by atoms with Crippen LogP contribution in [0.5, 0.6) is 0 Å². The van der Waals surface area contributed by atoms with Gasteiger partial charge in [0.1, 0.15) is 0 Å². The molecule has 0 spiro atoms. The molecule has 0 aliphatic heterocycles. The molecule has 0 saturated heterocycles. The van der Waals surface area contributed by atoms with E-state index in [0.717, 1.165) is 42.6 Å². The van der Waals surface area contributed by atoms with Gasteiger partial charge in [-0.15, -0.1) is 24.0 Å². The second kappa shape index (κ2) is 11.3. The average molecular weight is 473 g/mol. The van der Waals surface area contributed by atoms with Crippen LogP contribution in [0.2, 0.25) is 5.02 Å². The SMILES string of the molecule is CCNC(=NCCc1ccncc1C)N(C)Cc1ccccc1Cl.I. The Morgan fingerprint density at radius 3 is 2.68 bits per heavy atom. The Labute approximate surface area is 172 Å². The molecule has 25 heavy (non-hydrogen) atoms. The van der Waals surface area contributed by atoms with Gasteiger partial charge < -0.3 is 10.2 Å². The molecule has 1 N–H and O–H groups in total. The van der Waals surface area contributed by atoms with E-state index in [9.17, 15) is 0 Å². The molecule has 0 bridgehead atoms. The number of pyridine rings is 1. The number of nitrogens with one attached hydrogen (secondary N) is 1. The van der Waals surface area contributed by atoms with E-state index in [1.807, 2.05) is 43.7 Å². The highest BCUT2D eigenvalue weighted by Gasteiger charge is 2.08. The van der Waals surface area contributed by atoms with Gasteiger partial charge in [0, 0.05) is 44.1 Å². The van der Waals surface area contributed by atoms with Crippen molar-refractivity contribution in [1.82, 2.24) is 15.2 Å². The second-order valence-electron chi connectivity index (χ2n) is 5.74. The number of halogens is 2. The van der Waals surface area contributed by atoms with Gasteiger partial charge in [0.15, 0.2) is 5.96 Å². The van der Waals surface area contributed by atoms with Gasteiger partial charge in [0.05, 0.1) is 0 Å². The van der Waals surface area contributed by atoms with E-state index in [2.05, 4.69) is 35.1 Å². The molecule has 0 aliphatic carbocycles. The monoisotopic (exact) mass is 472 g/mol. The Balaban J connectivity index is 0.00000312. The van der Waals surface area contributed by atoms with Crippen LogP contribution in [-0.4, -0.2) is 36.0 Å². The molecular formula is C19H26ClIN4. The Morgan fingerprint density at radius 2 is 2.00 bits per heavy atom. The van der Waals surface area contributed by atoms with Crippen LogP contribution in [0, 0.1) is 6.92 Å². The number of rotatable bonds is 6. The number of aliphatic imine (C=N–C) groups is 1. The van der Waals surface area contributed by atoms with Gasteiger partial charge >= 0.3 is 0 Å². The van der Waals surface area contributed by atoms with Crippen molar-refractivity contribution in [3.8, 4) is 0 Å². The third-order valence-corrected chi connectivity index (χ3v) is 4.21. The van der Waals surface area contributed by atoms with Gasteiger partial charge in [-0.3, -0.25) is 9.98 Å². The molecule has 0 saturated carbocycles. The largest absolute Gasteiger partial charge is 0.357 e. The van der Waals surface area contributed by atoms with E-state index in [4.69, 9.17) is 16.6 Å². The highest BCUT2D eigenvalue weighted by molar-refractivity contribution is 14.0. The topological polar surface area (TPSA) is 40.5 Å². The zero-order valence-electron chi connectivity index (χ0n) is 15.0. The molecule has 136 valence electrons. The first-order valence-electron chi connectivity index (χ1n) is 8.24. The zero-order chi connectivity index (χ0) is 17.4. The van der Waals surface area contributed by atoms with Crippen molar-refractivity contribution < 1.29 is 0 Å². The van der Waals surface area contributed by atoms with Crippen molar-refractivity contribution >= 4 is 41.5 Å². The van der Waals surface area contributed by atoms with E-state index in [1.165, 1.54) is 11.1 Å². The van der Waals surface area contributed by atoms with Gasteiger partial charge in [0.2, 0.25) is 0 Å². The second-order valence-corrected chi connectivity index (χ2v) is 6.14. The molecule has 0 radical (unpaired) electrons. The van der Waals surface area contributed by atoms with Crippen molar-refractivity contribution in [3.63, 3.8) is 0 Å². The van der Waals surface area contributed by atoms with E-state index >= 15 is 0 Å². The van der Waals surface area contributed by atoms with E-state index in [-0.39, 0.29) is 24.0 Å². The Morgan fingerprint density at radius 1 is 1.24 bits per heavy atom. The number of aromatic nitrogens is 1. The van der Waals surface area contributed by atoms with Crippen molar-refractivity contribution in [1.29, 1.82) is 0 Å². The molecule has 1 aromatic carbocycles. The summed E-state index contributed by atoms with van der Waals surface area (Å²) in [7, 11) is 2.03. The molecule has 0 fully saturated rings. The summed E-state index contributed by atoms with van der Waals surface area (Å²) in [5.74, 6) is 0.893. The lowest BCUT2D eigenvalue weighted by molar-refractivity contribution is 0.477. The molecule has 1 aromatic heterocycles. The minimum atomic E-state index is 0. The van der Waals surface area contributed by atoms with Crippen LogP contribution in [0.3, 0.4) is 0 Å². The van der Waals surface area contributed by atoms with Crippen LogP contribution in [-0.2, 0) is 13.0 Å². The Kier molecular flexibility index (Phi) is 9.82. The molecule has 1 heterocycles. The maximum absolute atomic E-state index is 6.26. The van der Waals surface area contributed by atoms with Crippen molar-refractivity contribution in [2.45, 2.75) is 26.8 Å². The van der Waals surface area contributed by atoms with Gasteiger partial charge in [0.25, 0.3) is 0 Å². The number of hydrogen-bond acceptors (Lipinski definition) is 2. The summed E-state index contributed by atoms with van der Waals surface area (Å²) >= 11 is 6.26. The molecule has 0 unspecified atom stereocenters. The number of hydrogen-bond donors (Lipinski definition) is 1. The van der Waals surface area contributed by atoms with Crippen LogP contribution in [0.15, 0.2) is 47.7 Å². The van der Waals surface area contributed by atoms with Crippen LogP contribution in [0.4, 0.5) is 0 Å². The molecule has 4 nitrogen and oxygen atoms in total. The summed E-state index contributed by atoms with van der Waals surface area (Å²) < 4.78 is 0. The lowest BCUT2D eigenvalue weighted by Gasteiger charge is -2.22. The molecule has 0 atom stereocenters. The fraction of sp³-hybridized carbons (Fsp3) is 0.368. The lowest BCUT2D eigenvalue weighted by atomic mass is 10.1. The van der Waals surface area contributed by atoms with E-state index < -0.39 is 0 Å². The minimum absolute atomic E-state index is 0. The fourth-order valence-electron chi connectivity index (χ4n) is 2.49. The third-order valence-electron chi connectivity index (χ3n) is 3.84. The summed E-state index contributed by atoms with van der Waals surface area (Å²) in [6.45, 7) is 6.45. The Bertz CT molecular complexity index is 691. The standard InChI is InChI=1S/C19H25ClN4.HI/c1-4-22-19(23-12-10-16-9-11-21-13-15(16)2)24(3)14-17-7-5-6-8-18(17)20;/h5-9,11,13H,4,10,12,14H2,1-3H3,(H,22,23);1H. The van der Waals surface area contributed by atoms with E-state index in [0.29, 0.717) is 0 Å². The quantitative estimate of drug-likeness (QED) is 0.387. The first-order chi connectivity index (χ1) is 11.6. The van der Waals surface area contributed by atoms with Crippen molar-refractivity contribution in [2.75, 3.05) is 20.1 Å². The summed E-state index contributed by atoms with van der Waals surface area (Å²) in [6.07, 6.45) is 4.64. The summed E-state index contributed by atoms with van der Waals surface area (Å²) in [5, 5.41) is 4.13. The lowest BCUT2D eigenvalue weighted by Crippen LogP contribution is -2.38. The third kappa shape index (κ3) is 6.82. The van der Waals surface area contributed by atoms with Crippen LogP contribution < -0.4 is 5.32 Å². The number of guanidine groups is 1. The minimum Gasteiger partial charge on any atom is -0.357 e. The van der Waals surface area contributed by atoms with Gasteiger partial charge in [-0.1, -0.05) is 29.8 Å². The van der Waals surface area contributed by atoms with Crippen molar-refractivity contribution in [2.24, 2.45) is 4.99 Å². The highest BCUT2D eigenvalue weighted by atomic mass is 127. The summed E-state index contributed by atoms with van der Waals surface area (Å²) in [6, 6.07) is 9.97. The summed E-state index contributed by atoms with van der Waals surface area (Å²) in [5.41, 5.74) is 3.60. The molecule has 2 aromatic rings. The number of aryl methyl sites for hydroxylation is 1. The molecule has 6 heteroatoms. The first kappa shape index (κ1) is 21.7. The molecule has 0 aliphatic rings. The van der Waals surface area contributed by atoms with E-state index in [1.54, 1.807) is 0 Å². The maximum Gasteiger partial charge on any atom is 0.193 e. The van der Waals surface area contributed by atoms with Gasteiger partial charge in [-0.25, -0.2) is 0 Å². The zero-order valence-corrected chi connectivity index (χ0v) is 18.1. The average Bonchev–Trinajstić information content (AvgIpc) is 2.58. The predicted molar refractivity (Wildman–Crippen MR) is 117 cm³/mol. The van der Waals surface area contributed by atoms with Gasteiger partial charge in [-0.05, 0) is 49.1 Å². The fourth-order valence-corrected chi connectivity index (χ4v) is 2.69. The van der Waals surface area contributed by atoms with Crippen LogP contribution in [0.25, 0.3) is 0 Å². The number of nitrogens with zero attached hydrogens (tertiary/aromatic N) is 3. The first-order valence-corrected chi connectivity index (χ1v) is 8.62. The molecule has 2 rings (SSSR count). The number of benzene rings is 1. The van der Waals surface area contributed by atoms with Gasteiger partial charge in [-0.2, -0.15) is 0 Å². The van der Waals surface area contributed by atoms with Crippen LogP contribution >= 0.6 is 35.6 Å². The highest BCUT2D eigenvalue weighted by Crippen LogP contribution is 2.16. The van der Waals surface area contributed by atoms with Crippen molar-refractivity contribution in [3.05, 3.63) is 64.4 Å². The smallest absolute Gasteiger partial charge is 0.193 e. The maximum atomic E-state index is 6.26. The molecular weight excluding hydrogens is 447 g/mol. The molecule has 0 amide bonds.